The Balaban J connectivity index is 1.83. The average molecular weight is 387 g/mol. The number of halogens is 1. The maximum atomic E-state index is 12.4. The standard InChI is InChI=1S/C19H15ClN2O3S/c1-22-17(23)16(11-12-3-5-13(6-4-12)18(24)25-2)26-19(22)21-15-9-7-14(20)8-10-15/h3-11H,1-2H3. The van der Waals surface area contributed by atoms with Gasteiger partial charge in [-0.1, -0.05) is 23.7 Å². The highest BCUT2D eigenvalue weighted by molar-refractivity contribution is 8.18. The van der Waals surface area contributed by atoms with Crippen molar-refractivity contribution in [2.75, 3.05) is 14.2 Å². The molecule has 0 bridgehead atoms. The monoisotopic (exact) mass is 386 g/mol. The van der Waals surface area contributed by atoms with Crippen molar-refractivity contribution in [1.29, 1.82) is 0 Å². The lowest BCUT2D eigenvalue weighted by Crippen LogP contribution is -2.23. The highest BCUT2D eigenvalue weighted by atomic mass is 35.5. The van der Waals surface area contributed by atoms with Crippen LogP contribution >= 0.6 is 23.4 Å². The van der Waals surface area contributed by atoms with Crippen LogP contribution in [-0.2, 0) is 9.53 Å². The van der Waals surface area contributed by atoms with E-state index in [9.17, 15) is 9.59 Å². The van der Waals surface area contributed by atoms with Gasteiger partial charge in [0.15, 0.2) is 5.17 Å². The van der Waals surface area contributed by atoms with Gasteiger partial charge in [-0.2, -0.15) is 0 Å². The minimum absolute atomic E-state index is 0.125. The van der Waals surface area contributed by atoms with E-state index in [0.29, 0.717) is 20.7 Å². The molecule has 26 heavy (non-hydrogen) atoms. The molecule has 0 saturated carbocycles. The van der Waals surface area contributed by atoms with E-state index in [1.807, 2.05) is 0 Å². The quantitative estimate of drug-likeness (QED) is 0.581. The second-order valence-electron chi connectivity index (χ2n) is 5.46. The van der Waals surface area contributed by atoms with Gasteiger partial charge in [-0.25, -0.2) is 9.79 Å². The number of amides is 1. The minimum atomic E-state index is -0.396. The number of carbonyl (C=O) groups excluding carboxylic acids is 2. The number of esters is 1. The molecule has 2 aromatic carbocycles. The Hall–Kier alpha value is -2.57. The van der Waals surface area contributed by atoms with Crippen molar-refractivity contribution in [1.82, 2.24) is 4.90 Å². The highest BCUT2D eigenvalue weighted by Crippen LogP contribution is 2.33. The molecule has 1 saturated heterocycles. The zero-order valence-electron chi connectivity index (χ0n) is 14.1. The Morgan fingerprint density at radius 1 is 1.15 bits per heavy atom. The Labute approximate surface area is 160 Å². The second-order valence-corrected chi connectivity index (χ2v) is 6.90. The van der Waals surface area contributed by atoms with E-state index < -0.39 is 5.97 Å². The molecule has 2 aromatic rings. The summed E-state index contributed by atoms with van der Waals surface area (Å²) in [5.74, 6) is -0.521. The fourth-order valence-electron chi connectivity index (χ4n) is 2.26. The van der Waals surface area contributed by atoms with Crippen LogP contribution in [-0.4, -0.2) is 36.1 Å². The van der Waals surface area contributed by atoms with Gasteiger partial charge in [0.1, 0.15) is 0 Å². The molecule has 0 aromatic heterocycles. The Morgan fingerprint density at radius 3 is 2.42 bits per heavy atom. The number of ether oxygens (including phenoxy) is 1. The van der Waals surface area contributed by atoms with E-state index in [-0.39, 0.29) is 5.91 Å². The molecule has 0 unspecified atom stereocenters. The number of methoxy groups -OCH3 is 1. The number of aliphatic imine (C=N–C) groups is 1. The first-order valence-corrected chi connectivity index (χ1v) is 8.87. The maximum Gasteiger partial charge on any atom is 0.337 e. The van der Waals surface area contributed by atoms with E-state index in [1.54, 1.807) is 61.7 Å². The van der Waals surface area contributed by atoms with Crippen LogP contribution in [0, 0.1) is 0 Å². The zero-order valence-corrected chi connectivity index (χ0v) is 15.7. The van der Waals surface area contributed by atoms with Gasteiger partial charge in [0.25, 0.3) is 5.91 Å². The van der Waals surface area contributed by atoms with Gasteiger partial charge in [-0.15, -0.1) is 0 Å². The summed E-state index contributed by atoms with van der Waals surface area (Å²) < 4.78 is 4.68. The lowest BCUT2D eigenvalue weighted by atomic mass is 10.1. The molecule has 0 atom stereocenters. The summed E-state index contributed by atoms with van der Waals surface area (Å²) in [6.07, 6.45) is 1.77. The number of hydrogen-bond acceptors (Lipinski definition) is 5. The number of carbonyl (C=O) groups is 2. The molecule has 5 nitrogen and oxygen atoms in total. The molecule has 1 fully saturated rings. The van der Waals surface area contributed by atoms with Crippen LogP contribution in [0.15, 0.2) is 58.4 Å². The van der Waals surface area contributed by atoms with Gasteiger partial charge in [-0.3, -0.25) is 9.69 Å². The van der Waals surface area contributed by atoms with Crippen molar-refractivity contribution >= 4 is 52.2 Å². The zero-order chi connectivity index (χ0) is 18.7. The number of amidine groups is 1. The molecular weight excluding hydrogens is 372 g/mol. The largest absolute Gasteiger partial charge is 0.465 e. The van der Waals surface area contributed by atoms with E-state index in [4.69, 9.17) is 11.6 Å². The molecular formula is C19H15ClN2O3S. The molecule has 1 amide bonds. The first-order valence-electron chi connectivity index (χ1n) is 7.68. The summed E-state index contributed by atoms with van der Waals surface area (Å²) in [6.45, 7) is 0. The average Bonchev–Trinajstić information content (AvgIpc) is 2.91. The van der Waals surface area contributed by atoms with E-state index in [1.165, 1.54) is 23.8 Å². The second kappa shape index (κ2) is 7.76. The van der Waals surface area contributed by atoms with Crippen molar-refractivity contribution in [2.45, 2.75) is 0 Å². The molecule has 0 radical (unpaired) electrons. The first kappa shape index (κ1) is 18.2. The normalized spacial score (nSPS) is 17.2. The number of nitrogens with zero attached hydrogens (tertiary/aromatic N) is 2. The Bertz CT molecular complexity index is 905. The van der Waals surface area contributed by atoms with Gasteiger partial charge in [-0.05, 0) is 59.8 Å². The van der Waals surface area contributed by atoms with Gasteiger partial charge in [0.05, 0.1) is 23.3 Å². The van der Waals surface area contributed by atoms with Crippen molar-refractivity contribution in [2.24, 2.45) is 4.99 Å². The SMILES string of the molecule is COC(=O)c1ccc(C=C2SC(=Nc3ccc(Cl)cc3)N(C)C2=O)cc1. The summed E-state index contributed by atoms with van der Waals surface area (Å²) in [4.78, 5) is 30.5. The smallest absolute Gasteiger partial charge is 0.337 e. The lowest BCUT2D eigenvalue weighted by molar-refractivity contribution is -0.121. The molecule has 132 valence electrons. The number of rotatable bonds is 3. The highest BCUT2D eigenvalue weighted by Gasteiger charge is 2.30. The lowest BCUT2D eigenvalue weighted by Gasteiger charge is -2.07. The summed E-state index contributed by atoms with van der Waals surface area (Å²) in [5, 5.41) is 1.23. The topological polar surface area (TPSA) is 59.0 Å². The van der Waals surface area contributed by atoms with Crippen molar-refractivity contribution in [3.05, 3.63) is 69.6 Å². The fourth-order valence-corrected chi connectivity index (χ4v) is 3.38. The molecule has 0 aliphatic carbocycles. The summed E-state index contributed by atoms with van der Waals surface area (Å²) in [5.41, 5.74) is 2.00. The number of hydrogen-bond donors (Lipinski definition) is 0. The van der Waals surface area contributed by atoms with Crippen LogP contribution in [0.25, 0.3) is 6.08 Å². The number of likely N-dealkylation sites (N-methyl/N-ethyl adjacent to an activating group) is 1. The third-order valence-corrected chi connectivity index (χ3v) is 5.00. The van der Waals surface area contributed by atoms with E-state index in [0.717, 1.165) is 11.3 Å². The van der Waals surface area contributed by atoms with Gasteiger partial charge in [0.2, 0.25) is 0 Å². The molecule has 0 spiro atoms. The maximum absolute atomic E-state index is 12.4. The molecule has 1 heterocycles. The van der Waals surface area contributed by atoms with Crippen LogP contribution in [0.3, 0.4) is 0 Å². The Morgan fingerprint density at radius 2 is 1.81 bits per heavy atom. The third-order valence-electron chi connectivity index (χ3n) is 3.68. The third kappa shape index (κ3) is 3.98. The van der Waals surface area contributed by atoms with E-state index >= 15 is 0 Å². The van der Waals surface area contributed by atoms with Crippen LogP contribution in [0.5, 0.6) is 0 Å². The number of benzene rings is 2. The minimum Gasteiger partial charge on any atom is -0.465 e. The van der Waals surface area contributed by atoms with Gasteiger partial charge in [0, 0.05) is 12.1 Å². The Kier molecular flexibility index (Phi) is 5.44. The van der Waals surface area contributed by atoms with Crippen LogP contribution < -0.4 is 0 Å². The summed E-state index contributed by atoms with van der Waals surface area (Å²) >= 11 is 7.18. The predicted molar refractivity (Wildman–Crippen MR) is 105 cm³/mol. The fraction of sp³-hybridized carbons (Fsp3) is 0.105. The molecule has 1 aliphatic heterocycles. The van der Waals surface area contributed by atoms with Crippen LogP contribution in [0.4, 0.5) is 5.69 Å². The van der Waals surface area contributed by atoms with Crippen molar-refractivity contribution in [3.63, 3.8) is 0 Å². The van der Waals surface area contributed by atoms with Crippen LogP contribution in [0.1, 0.15) is 15.9 Å². The van der Waals surface area contributed by atoms with Gasteiger partial charge < -0.3 is 4.74 Å². The number of thioether (sulfide) groups is 1. The summed E-state index contributed by atoms with van der Waals surface area (Å²) in [6, 6.07) is 13.9. The van der Waals surface area contributed by atoms with Crippen LogP contribution in [0.2, 0.25) is 5.02 Å². The van der Waals surface area contributed by atoms with Gasteiger partial charge >= 0.3 is 5.97 Å². The van der Waals surface area contributed by atoms with Crippen molar-refractivity contribution < 1.29 is 14.3 Å². The molecule has 7 heteroatoms. The first-order chi connectivity index (χ1) is 12.5. The van der Waals surface area contributed by atoms with Crippen molar-refractivity contribution in [3.8, 4) is 0 Å². The molecule has 3 rings (SSSR count). The molecule has 1 aliphatic rings. The summed E-state index contributed by atoms with van der Waals surface area (Å²) in [7, 11) is 3.02. The predicted octanol–water partition coefficient (Wildman–Crippen LogP) is 4.36. The van der Waals surface area contributed by atoms with E-state index in [2.05, 4.69) is 9.73 Å². The molecule has 0 N–H and O–H groups in total.